The van der Waals surface area contributed by atoms with E-state index in [2.05, 4.69) is 25.7 Å². The van der Waals surface area contributed by atoms with Crippen molar-refractivity contribution in [3.8, 4) is 0 Å². The summed E-state index contributed by atoms with van der Waals surface area (Å²) >= 11 is 1.73. The molecule has 0 amide bonds. The summed E-state index contributed by atoms with van der Waals surface area (Å²) in [5, 5.41) is 1.12. The van der Waals surface area contributed by atoms with E-state index in [4.69, 9.17) is 15.5 Å². The Morgan fingerprint density at radius 3 is 2.71 bits per heavy atom. The van der Waals surface area contributed by atoms with Crippen LogP contribution in [0.4, 0.5) is 5.13 Å². The predicted octanol–water partition coefficient (Wildman–Crippen LogP) is 3.40. The van der Waals surface area contributed by atoms with Gasteiger partial charge in [-0.05, 0) is 30.6 Å². The summed E-state index contributed by atoms with van der Waals surface area (Å²) in [6, 6.07) is 0. The number of nitrogens with zero attached hydrogens (tertiary/aromatic N) is 2. The molecule has 21 heavy (non-hydrogen) atoms. The second-order valence-corrected chi connectivity index (χ2v) is 8.05. The SMILES string of the molecule is COCc1nc(N2CCCC(C(C)(C)C)CC2)sc1CN. The van der Waals surface area contributed by atoms with E-state index in [0.29, 0.717) is 18.6 Å². The second-order valence-electron chi connectivity index (χ2n) is 6.98. The Labute approximate surface area is 132 Å². The van der Waals surface area contributed by atoms with Gasteiger partial charge in [-0.3, -0.25) is 0 Å². The highest BCUT2D eigenvalue weighted by Gasteiger charge is 2.28. The quantitative estimate of drug-likeness (QED) is 0.926. The number of nitrogens with two attached hydrogens (primary N) is 1. The van der Waals surface area contributed by atoms with Crippen LogP contribution >= 0.6 is 11.3 Å². The van der Waals surface area contributed by atoms with Crippen LogP contribution in [-0.2, 0) is 17.9 Å². The fourth-order valence-corrected chi connectivity index (χ4v) is 4.06. The molecule has 1 atom stereocenters. The first-order valence-corrected chi connectivity index (χ1v) is 8.70. The van der Waals surface area contributed by atoms with E-state index < -0.39 is 0 Å². The molecule has 0 aliphatic carbocycles. The molecule has 0 radical (unpaired) electrons. The second kappa shape index (κ2) is 7.07. The van der Waals surface area contributed by atoms with Crippen LogP contribution in [0, 0.1) is 11.3 Å². The van der Waals surface area contributed by atoms with Crippen LogP contribution in [0.1, 0.15) is 50.6 Å². The Morgan fingerprint density at radius 1 is 1.33 bits per heavy atom. The summed E-state index contributed by atoms with van der Waals surface area (Å²) in [7, 11) is 1.71. The first-order valence-electron chi connectivity index (χ1n) is 7.88. The topological polar surface area (TPSA) is 51.4 Å². The van der Waals surface area contributed by atoms with Crippen molar-refractivity contribution in [2.75, 3.05) is 25.1 Å². The first-order chi connectivity index (χ1) is 9.95. The Kier molecular flexibility index (Phi) is 5.63. The summed E-state index contributed by atoms with van der Waals surface area (Å²) in [5.41, 5.74) is 7.25. The average Bonchev–Trinajstić information content (AvgIpc) is 2.66. The molecule has 1 aromatic heterocycles. The highest BCUT2D eigenvalue weighted by Crippen LogP contribution is 2.36. The normalized spacial score (nSPS) is 20.6. The number of rotatable bonds is 4. The third kappa shape index (κ3) is 4.18. The zero-order valence-corrected chi connectivity index (χ0v) is 14.6. The number of methoxy groups -OCH3 is 1. The van der Waals surface area contributed by atoms with Gasteiger partial charge < -0.3 is 15.4 Å². The summed E-state index contributed by atoms with van der Waals surface area (Å²) in [6.45, 7) is 10.4. The molecule has 0 saturated carbocycles. The van der Waals surface area contributed by atoms with E-state index in [1.54, 1.807) is 18.4 Å². The number of anilines is 1. The molecule has 2 N–H and O–H groups in total. The van der Waals surface area contributed by atoms with Crippen molar-refractivity contribution >= 4 is 16.5 Å². The average molecular weight is 311 g/mol. The number of thiazole rings is 1. The van der Waals surface area contributed by atoms with Gasteiger partial charge in [-0.1, -0.05) is 20.8 Å². The van der Waals surface area contributed by atoms with Crippen molar-refractivity contribution in [2.45, 2.75) is 53.2 Å². The molecule has 5 heteroatoms. The van der Waals surface area contributed by atoms with Crippen molar-refractivity contribution in [2.24, 2.45) is 17.1 Å². The lowest BCUT2D eigenvalue weighted by molar-refractivity contribution is 0.181. The highest BCUT2D eigenvalue weighted by atomic mass is 32.1. The van der Waals surface area contributed by atoms with E-state index in [1.165, 1.54) is 19.3 Å². The number of hydrogen-bond acceptors (Lipinski definition) is 5. The van der Waals surface area contributed by atoms with Crippen LogP contribution in [0.2, 0.25) is 0 Å². The highest BCUT2D eigenvalue weighted by molar-refractivity contribution is 7.15. The molecule has 1 aliphatic heterocycles. The molecule has 1 aromatic rings. The van der Waals surface area contributed by atoms with Gasteiger partial charge in [-0.25, -0.2) is 4.98 Å². The maximum atomic E-state index is 5.83. The number of aromatic nitrogens is 1. The molecule has 0 spiro atoms. The fraction of sp³-hybridized carbons (Fsp3) is 0.812. The molecule has 1 saturated heterocycles. The van der Waals surface area contributed by atoms with Gasteiger partial charge in [0.15, 0.2) is 5.13 Å². The summed E-state index contributed by atoms with van der Waals surface area (Å²) in [4.78, 5) is 8.36. The summed E-state index contributed by atoms with van der Waals surface area (Å²) in [5.74, 6) is 0.801. The molecular formula is C16H29N3OS. The van der Waals surface area contributed by atoms with Gasteiger partial charge in [0.2, 0.25) is 0 Å². The molecule has 2 rings (SSSR count). The third-order valence-electron chi connectivity index (χ3n) is 4.46. The molecular weight excluding hydrogens is 282 g/mol. The van der Waals surface area contributed by atoms with E-state index in [9.17, 15) is 0 Å². The van der Waals surface area contributed by atoms with Gasteiger partial charge in [0.1, 0.15) is 0 Å². The van der Waals surface area contributed by atoms with Crippen LogP contribution in [0.3, 0.4) is 0 Å². The first kappa shape index (κ1) is 16.7. The van der Waals surface area contributed by atoms with Gasteiger partial charge in [-0.15, -0.1) is 11.3 Å². The van der Waals surface area contributed by atoms with Gasteiger partial charge in [0, 0.05) is 31.6 Å². The van der Waals surface area contributed by atoms with Crippen LogP contribution in [0.25, 0.3) is 0 Å². The minimum Gasteiger partial charge on any atom is -0.378 e. The summed E-state index contributed by atoms with van der Waals surface area (Å²) in [6.07, 6.45) is 3.82. The van der Waals surface area contributed by atoms with E-state index in [-0.39, 0.29) is 0 Å². The number of ether oxygens (including phenoxy) is 1. The molecule has 2 heterocycles. The van der Waals surface area contributed by atoms with Crippen LogP contribution in [-0.4, -0.2) is 25.2 Å². The lowest BCUT2D eigenvalue weighted by atomic mass is 9.77. The van der Waals surface area contributed by atoms with Gasteiger partial charge >= 0.3 is 0 Å². The Bertz CT molecular complexity index is 453. The molecule has 1 aliphatic rings. The van der Waals surface area contributed by atoms with Crippen LogP contribution < -0.4 is 10.6 Å². The van der Waals surface area contributed by atoms with Crippen molar-refractivity contribution in [1.29, 1.82) is 0 Å². The standard InChI is InChI=1S/C16H29N3OS/c1-16(2,3)12-6-5-8-19(9-7-12)15-18-13(11-20-4)14(10-17)21-15/h12H,5-11,17H2,1-4H3. The molecule has 0 aromatic carbocycles. The van der Waals surface area contributed by atoms with Gasteiger partial charge in [0.05, 0.1) is 12.3 Å². The zero-order chi connectivity index (χ0) is 15.5. The van der Waals surface area contributed by atoms with Crippen molar-refractivity contribution in [3.05, 3.63) is 10.6 Å². The Balaban J connectivity index is 2.08. The molecule has 120 valence electrons. The maximum absolute atomic E-state index is 5.83. The lowest BCUT2D eigenvalue weighted by Crippen LogP contribution is -2.26. The maximum Gasteiger partial charge on any atom is 0.185 e. The Hall–Kier alpha value is -0.650. The molecule has 0 bridgehead atoms. The van der Waals surface area contributed by atoms with Crippen LogP contribution in [0.15, 0.2) is 0 Å². The van der Waals surface area contributed by atoms with Crippen molar-refractivity contribution < 1.29 is 4.74 Å². The summed E-state index contributed by atoms with van der Waals surface area (Å²) < 4.78 is 5.23. The monoisotopic (exact) mass is 311 g/mol. The minimum absolute atomic E-state index is 0.405. The van der Waals surface area contributed by atoms with Gasteiger partial charge in [0.25, 0.3) is 0 Å². The zero-order valence-electron chi connectivity index (χ0n) is 13.8. The minimum atomic E-state index is 0.405. The Morgan fingerprint density at radius 2 is 2.10 bits per heavy atom. The fourth-order valence-electron chi connectivity index (χ4n) is 3.07. The lowest BCUT2D eigenvalue weighted by Gasteiger charge is -2.29. The van der Waals surface area contributed by atoms with Crippen molar-refractivity contribution in [1.82, 2.24) is 4.98 Å². The van der Waals surface area contributed by atoms with Crippen LogP contribution in [0.5, 0.6) is 0 Å². The van der Waals surface area contributed by atoms with E-state index >= 15 is 0 Å². The largest absolute Gasteiger partial charge is 0.378 e. The molecule has 4 nitrogen and oxygen atoms in total. The van der Waals surface area contributed by atoms with Crippen molar-refractivity contribution in [3.63, 3.8) is 0 Å². The molecule has 1 unspecified atom stereocenters. The van der Waals surface area contributed by atoms with E-state index in [1.807, 2.05) is 0 Å². The van der Waals surface area contributed by atoms with E-state index in [0.717, 1.165) is 34.7 Å². The smallest absolute Gasteiger partial charge is 0.185 e. The predicted molar refractivity (Wildman–Crippen MR) is 89.7 cm³/mol. The third-order valence-corrected chi connectivity index (χ3v) is 5.64. The number of hydrogen-bond donors (Lipinski definition) is 1. The molecule has 1 fully saturated rings. The van der Waals surface area contributed by atoms with Gasteiger partial charge in [-0.2, -0.15) is 0 Å².